The number of hydrogen-bond donors (Lipinski definition) is 2. The summed E-state index contributed by atoms with van der Waals surface area (Å²) in [4.78, 5) is 14.8. The lowest BCUT2D eigenvalue weighted by Crippen LogP contribution is -2.44. The van der Waals surface area contributed by atoms with Crippen LogP contribution >= 0.6 is 0 Å². The Kier molecular flexibility index (Phi) is 9.60. The second kappa shape index (κ2) is 12.9. The number of aliphatic hydroxyl groups is 2. The van der Waals surface area contributed by atoms with E-state index in [1.54, 1.807) is 0 Å². The van der Waals surface area contributed by atoms with Crippen molar-refractivity contribution >= 4 is 5.97 Å². The molecule has 0 spiro atoms. The Balaban J connectivity index is 1.30. The third kappa shape index (κ3) is 6.60. The number of nitrogens with zero attached hydrogens (tertiary/aromatic N) is 1. The Morgan fingerprint density at radius 2 is 1.44 bits per heavy atom. The predicted octanol–water partition coefficient (Wildman–Crippen LogP) is 5.99. The summed E-state index contributed by atoms with van der Waals surface area (Å²) >= 11 is 0. The smallest absolute Gasteiger partial charge is 0.315 e. The summed E-state index contributed by atoms with van der Waals surface area (Å²) in [6.07, 6.45) is 2.87. The first kappa shape index (κ1) is 29.0. The van der Waals surface area contributed by atoms with E-state index in [1.165, 1.54) is 0 Å². The first-order chi connectivity index (χ1) is 18.8. The number of carbonyl (C=O) groups is 1. The topological polar surface area (TPSA) is 70.0 Å². The Morgan fingerprint density at radius 3 is 1.95 bits per heavy atom. The molecule has 0 amide bonds. The number of carbonyl (C=O) groups excluding carboxylic acids is 1. The van der Waals surface area contributed by atoms with E-state index in [9.17, 15) is 15.0 Å². The number of hydrogen-bond acceptors (Lipinski definition) is 5. The summed E-state index contributed by atoms with van der Waals surface area (Å²) in [6, 6.07) is 27.8. The highest BCUT2D eigenvalue weighted by atomic mass is 16.5. The molecular weight excluding hydrogens is 486 g/mol. The molecule has 0 unspecified atom stereocenters. The highest BCUT2D eigenvalue weighted by molar-refractivity contribution is 5.82. The largest absolute Gasteiger partial charge is 0.465 e. The van der Waals surface area contributed by atoms with E-state index in [-0.39, 0.29) is 11.9 Å². The predicted molar refractivity (Wildman–Crippen MR) is 155 cm³/mol. The van der Waals surface area contributed by atoms with Gasteiger partial charge >= 0.3 is 5.97 Å². The van der Waals surface area contributed by atoms with Crippen molar-refractivity contribution in [1.29, 1.82) is 0 Å². The lowest BCUT2D eigenvalue weighted by atomic mass is 9.72. The molecule has 1 aliphatic rings. The molecule has 3 aromatic rings. The number of piperidine rings is 1. The van der Waals surface area contributed by atoms with Crippen molar-refractivity contribution in [2.75, 3.05) is 26.2 Å². The standard InChI is InChI=1S/C34H43NO4/c1-4-39-32(37)33(2,3)27-19-17-26(18-20-27)31(36)16-11-23-35-24-21-30(22-25-35)34(38,28-12-7-5-8-13-28)29-14-9-6-10-15-29/h5-10,12-15,17-20,30-31,36,38H,4,11,16,21-25H2,1-3H3/t31-/m0/s1. The molecule has 1 aliphatic heterocycles. The van der Waals surface area contributed by atoms with Gasteiger partial charge in [-0.15, -0.1) is 0 Å². The number of likely N-dealkylation sites (tertiary alicyclic amines) is 1. The fourth-order valence-corrected chi connectivity index (χ4v) is 5.82. The molecule has 39 heavy (non-hydrogen) atoms. The molecule has 0 saturated carbocycles. The summed E-state index contributed by atoms with van der Waals surface area (Å²) in [5.41, 5.74) is 1.93. The average Bonchev–Trinajstić information content (AvgIpc) is 2.98. The second-order valence-electron chi connectivity index (χ2n) is 11.2. The van der Waals surface area contributed by atoms with Crippen molar-refractivity contribution in [2.24, 2.45) is 5.92 Å². The summed E-state index contributed by atoms with van der Waals surface area (Å²) in [5.74, 6) is -0.102. The number of benzene rings is 3. The molecule has 1 atom stereocenters. The van der Waals surface area contributed by atoms with Crippen LogP contribution in [0, 0.1) is 5.92 Å². The zero-order valence-electron chi connectivity index (χ0n) is 23.6. The van der Waals surface area contributed by atoms with E-state index in [0.717, 1.165) is 61.2 Å². The summed E-state index contributed by atoms with van der Waals surface area (Å²) < 4.78 is 5.21. The van der Waals surface area contributed by atoms with Gasteiger partial charge in [0.15, 0.2) is 0 Å². The monoisotopic (exact) mass is 529 g/mol. The van der Waals surface area contributed by atoms with Gasteiger partial charge in [-0.1, -0.05) is 84.9 Å². The van der Waals surface area contributed by atoms with E-state index in [0.29, 0.717) is 13.0 Å². The van der Waals surface area contributed by atoms with Gasteiger partial charge in [0, 0.05) is 0 Å². The second-order valence-corrected chi connectivity index (χ2v) is 11.2. The van der Waals surface area contributed by atoms with Crippen molar-refractivity contribution in [1.82, 2.24) is 4.90 Å². The minimum atomic E-state index is -1.00. The van der Waals surface area contributed by atoms with Gasteiger partial charge in [-0.3, -0.25) is 4.79 Å². The third-order valence-corrected chi connectivity index (χ3v) is 8.36. The van der Waals surface area contributed by atoms with Crippen LogP contribution in [0.4, 0.5) is 0 Å². The van der Waals surface area contributed by atoms with Gasteiger partial charge in [0.25, 0.3) is 0 Å². The summed E-state index contributed by atoms with van der Waals surface area (Å²) in [5, 5.41) is 22.9. The first-order valence-corrected chi connectivity index (χ1v) is 14.3. The molecule has 3 aromatic carbocycles. The molecule has 0 radical (unpaired) electrons. The third-order valence-electron chi connectivity index (χ3n) is 8.36. The maximum absolute atomic E-state index is 12.3. The average molecular weight is 530 g/mol. The molecule has 2 N–H and O–H groups in total. The Morgan fingerprint density at radius 1 is 0.897 bits per heavy atom. The highest BCUT2D eigenvalue weighted by Gasteiger charge is 2.41. The lowest BCUT2D eigenvalue weighted by Gasteiger charge is -2.42. The number of rotatable bonds is 11. The summed E-state index contributed by atoms with van der Waals surface area (Å²) in [7, 11) is 0. The molecule has 5 heteroatoms. The molecule has 0 aromatic heterocycles. The number of ether oxygens (including phenoxy) is 1. The maximum atomic E-state index is 12.3. The van der Waals surface area contributed by atoms with Crippen LogP contribution < -0.4 is 0 Å². The maximum Gasteiger partial charge on any atom is 0.315 e. The molecule has 1 fully saturated rings. The Bertz CT molecular complexity index is 1130. The molecule has 208 valence electrons. The molecule has 5 nitrogen and oxygen atoms in total. The van der Waals surface area contributed by atoms with E-state index < -0.39 is 17.1 Å². The number of esters is 1. The molecule has 0 bridgehead atoms. The van der Waals surface area contributed by atoms with Crippen LogP contribution in [0.25, 0.3) is 0 Å². The zero-order valence-corrected chi connectivity index (χ0v) is 23.6. The van der Waals surface area contributed by atoms with Crippen molar-refractivity contribution in [3.05, 3.63) is 107 Å². The quantitative estimate of drug-likeness (QED) is 0.299. The minimum absolute atomic E-state index is 0.140. The van der Waals surface area contributed by atoms with Crippen LogP contribution in [0.15, 0.2) is 84.9 Å². The minimum Gasteiger partial charge on any atom is -0.465 e. The number of aliphatic hydroxyl groups excluding tert-OH is 1. The van der Waals surface area contributed by atoms with Crippen molar-refractivity contribution < 1.29 is 19.7 Å². The van der Waals surface area contributed by atoms with Gasteiger partial charge in [-0.2, -0.15) is 0 Å². The van der Waals surface area contributed by atoms with Crippen LogP contribution in [0.5, 0.6) is 0 Å². The molecule has 1 heterocycles. The van der Waals surface area contributed by atoms with Crippen LogP contribution in [-0.2, 0) is 20.5 Å². The van der Waals surface area contributed by atoms with Gasteiger partial charge in [0.2, 0.25) is 0 Å². The van der Waals surface area contributed by atoms with Crippen LogP contribution in [0.2, 0.25) is 0 Å². The Hall–Kier alpha value is -2.99. The Labute approximate surface area is 233 Å². The van der Waals surface area contributed by atoms with Gasteiger partial charge < -0.3 is 19.8 Å². The fraction of sp³-hybridized carbons (Fsp3) is 0.441. The fourth-order valence-electron chi connectivity index (χ4n) is 5.82. The van der Waals surface area contributed by atoms with Crippen LogP contribution in [0.1, 0.15) is 74.8 Å². The van der Waals surface area contributed by atoms with Crippen LogP contribution in [-0.4, -0.2) is 47.3 Å². The molecule has 1 saturated heterocycles. The van der Waals surface area contributed by atoms with E-state index >= 15 is 0 Å². The molecular formula is C34H43NO4. The normalized spacial score (nSPS) is 16.1. The SMILES string of the molecule is CCOC(=O)C(C)(C)c1ccc([C@@H](O)CCCN2CCC(C(O)(c3ccccc3)c3ccccc3)CC2)cc1. The van der Waals surface area contributed by atoms with Gasteiger partial charge in [0.05, 0.1) is 18.1 Å². The van der Waals surface area contributed by atoms with Crippen molar-refractivity contribution in [3.63, 3.8) is 0 Å². The zero-order chi connectivity index (χ0) is 27.9. The van der Waals surface area contributed by atoms with Crippen molar-refractivity contribution in [2.45, 2.75) is 63.6 Å². The highest BCUT2D eigenvalue weighted by Crippen LogP contribution is 2.42. The molecule has 0 aliphatic carbocycles. The summed E-state index contributed by atoms with van der Waals surface area (Å²) in [6.45, 7) is 8.68. The van der Waals surface area contributed by atoms with Gasteiger partial charge in [0.1, 0.15) is 5.60 Å². The van der Waals surface area contributed by atoms with Gasteiger partial charge in [-0.25, -0.2) is 0 Å². The van der Waals surface area contributed by atoms with Gasteiger partial charge in [-0.05, 0) is 94.3 Å². The van der Waals surface area contributed by atoms with E-state index in [2.05, 4.69) is 4.90 Å². The lowest BCUT2D eigenvalue weighted by molar-refractivity contribution is -0.148. The van der Waals surface area contributed by atoms with E-state index in [4.69, 9.17) is 4.74 Å². The first-order valence-electron chi connectivity index (χ1n) is 14.3. The van der Waals surface area contributed by atoms with E-state index in [1.807, 2.05) is 106 Å². The van der Waals surface area contributed by atoms with Crippen molar-refractivity contribution in [3.8, 4) is 0 Å². The molecule has 4 rings (SSSR count). The van der Waals surface area contributed by atoms with Crippen LogP contribution in [0.3, 0.4) is 0 Å².